The first-order chi connectivity index (χ1) is 21.6. The summed E-state index contributed by atoms with van der Waals surface area (Å²) in [6.45, 7) is 8.12. The molecule has 0 aliphatic carbocycles. The minimum Gasteiger partial charge on any atom is -0.494 e. The highest BCUT2D eigenvalue weighted by Crippen LogP contribution is 2.22. The maximum absolute atomic E-state index is 12.7. The second kappa shape index (κ2) is 25.9. The van der Waals surface area contributed by atoms with E-state index in [2.05, 4.69) is 20.8 Å². The number of esters is 1. The molecule has 0 aromatic heterocycles. The zero-order valence-corrected chi connectivity index (χ0v) is 28.6. The molecular weight excluding hydrogens is 544 g/mol. The third-order valence-electron chi connectivity index (χ3n) is 8.53. The Morgan fingerprint density at radius 1 is 0.523 bits per heavy atom. The molecule has 2 rings (SSSR count). The van der Waals surface area contributed by atoms with E-state index in [1.807, 2.05) is 36.4 Å². The summed E-state index contributed by atoms with van der Waals surface area (Å²) in [7, 11) is 0. The van der Waals surface area contributed by atoms with E-state index in [-0.39, 0.29) is 12.1 Å². The van der Waals surface area contributed by atoms with Crippen LogP contribution in [0.4, 0.5) is 0 Å². The van der Waals surface area contributed by atoms with Gasteiger partial charge in [-0.05, 0) is 61.7 Å². The fourth-order valence-corrected chi connectivity index (χ4v) is 5.56. The quantitative estimate of drug-likeness (QED) is 0.0547. The SMILES string of the molecule is CCCCCCCCCCCCCOc1ccc(C(=O)Oc2ccc(C(C)OCCCCCCCCCCCC)cc2)cc1. The summed E-state index contributed by atoms with van der Waals surface area (Å²) in [5, 5.41) is 0. The summed E-state index contributed by atoms with van der Waals surface area (Å²) < 4.78 is 17.5. The molecule has 0 heterocycles. The lowest BCUT2D eigenvalue weighted by Crippen LogP contribution is -2.09. The number of ether oxygens (including phenoxy) is 3. The molecule has 0 bridgehead atoms. The van der Waals surface area contributed by atoms with Crippen molar-refractivity contribution in [3.8, 4) is 11.5 Å². The van der Waals surface area contributed by atoms with Crippen LogP contribution in [-0.4, -0.2) is 19.2 Å². The zero-order valence-electron chi connectivity index (χ0n) is 28.6. The summed E-state index contributed by atoms with van der Waals surface area (Å²) in [4.78, 5) is 12.7. The molecule has 0 amide bonds. The molecule has 2 aromatic rings. The Labute approximate surface area is 270 Å². The molecule has 0 radical (unpaired) electrons. The molecule has 2 aromatic carbocycles. The predicted molar refractivity (Wildman–Crippen MR) is 186 cm³/mol. The normalized spacial score (nSPS) is 11.9. The van der Waals surface area contributed by atoms with Crippen molar-refractivity contribution in [1.29, 1.82) is 0 Å². The molecule has 1 atom stereocenters. The molecule has 4 nitrogen and oxygen atoms in total. The van der Waals surface area contributed by atoms with Crippen molar-refractivity contribution in [2.24, 2.45) is 0 Å². The van der Waals surface area contributed by atoms with Gasteiger partial charge in [0, 0.05) is 6.61 Å². The van der Waals surface area contributed by atoms with Crippen LogP contribution in [0, 0.1) is 0 Å². The lowest BCUT2D eigenvalue weighted by atomic mass is 10.1. The molecule has 1 unspecified atom stereocenters. The lowest BCUT2D eigenvalue weighted by molar-refractivity contribution is 0.0627. The molecule has 248 valence electrons. The van der Waals surface area contributed by atoms with E-state index in [0.717, 1.165) is 30.8 Å². The average molecular weight is 609 g/mol. The van der Waals surface area contributed by atoms with Gasteiger partial charge in [0.15, 0.2) is 0 Å². The highest BCUT2D eigenvalue weighted by molar-refractivity contribution is 5.91. The minimum atomic E-state index is -0.361. The van der Waals surface area contributed by atoms with Crippen molar-refractivity contribution in [3.63, 3.8) is 0 Å². The summed E-state index contributed by atoms with van der Waals surface area (Å²) in [5.41, 5.74) is 1.61. The first-order valence-corrected chi connectivity index (χ1v) is 18.3. The molecule has 4 heteroatoms. The number of rotatable bonds is 28. The van der Waals surface area contributed by atoms with E-state index in [9.17, 15) is 4.79 Å². The molecule has 0 aliphatic rings. The van der Waals surface area contributed by atoms with Gasteiger partial charge in [0.25, 0.3) is 0 Å². The Kier molecular flexibility index (Phi) is 22.3. The third kappa shape index (κ3) is 18.5. The Hall–Kier alpha value is -2.33. The van der Waals surface area contributed by atoms with Gasteiger partial charge in [0.05, 0.1) is 18.3 Å². The lowest BCUT2D eigenvalue weighted by Gasteiger charge is -2.14. The van der Waals surface area contributed by atoms with Crippen molar-refractivity contribution in [2.45, 2.75) is 162 Å². The standard InChI is InChI=1S/C40H64O4/c1-4-6-8-10-12-14-16-18-20-22-24-34-43-38-29-27-37(28-30-38)40(41)44-39-31-25-36(26-32-39)35(3)42-33-23-21-19-17-15-13-11-9-7-5-2/h25-32,35H,4-24,33-34H2,1-3H3. The van der Waals surface area contributed by atoms with E-state index in [1.54, 1.807) is 12.1 Å². The molecule has 0 aliphatic heterocycles. The average Bonchev–Trinajstić information content (AvgIpc) is 3.04. The zero-order chi connectivity index (χ0) is 31.5. The largest absolute Gasteiger partial charge is 0.494 e. The number of hydrogen-bond acceptors (Lipinski definition) is 4. The van der Waals surface area contributed by atoms with Crippen LogP contribution in [0.15, 0.2) is 48.5 Å². The fourth-order valence-electron chi connectivity index (χ4n) is 5.56. The number of carbonyl (C=O) groups is 1. The van der Waals surface area contributed by atoms with Crippen LogP contribution in [0.1, 0.15) is 178 Å². The Morgan fingerprint density at radius 2 is 0.932 bits per heavy atom. The molecule has 44 heavy (non-hydrogen) atoms. The van der Waals surface area contributed by atoms with Gasteiger partial charge in [-0.3, -0.25) is 0 Å². The summed E-state index contributed by atoms with van der Waals surface area (Å²) >= 11 is 0. The van der Waals surface area contributed by atoms with Gasteiger partial charge in [0.2, 0.25) is 0 Å². The topological polar surface area (TPSA) is 44.8 Å². The van der Waals surface area contributed by atoms with Gasteiger partial charge in [0.1, 0.15) is 11.5 Å². The van der Waals surface area contributed by atoms with Crippen molar-refractivity contribution >= 4 is 5.97 Å². The van der Waals surface area contributed by atoms with E-state index in [0.29, 0.717) is 17.9 Å². The minimum absolute atomic E-state index is 0.0240. The number of unbranched alkanes of at least 4 members (excludes halogenated alkanes) is 19. The Bertz CT molecular complexity index is 937. The highest BCUT2D eigenvalue weighted by atomic mass is 16.5. The predicted octanol–water partition coefficient (Wildman–Crippen LogP) is 12.6. The molecule has 0 saturated heterocycles. The van der Waals surface area contributed by atoms with Crippen LogP contribution in [0.5, 0.6) is 11.5 Å². The van der Waals surface area contributed by atoms with Crippen LogP contribution < -0.4 is 9.47 Å². The smallest absolute Gasteiger partial charge is 0.343 e. The summed E-state index contributed by atoms with van der Waals surface area (Å²) in [5.74, 6) is 0.974. The first kappa shape index (κ1) is 37.9. The third-order valence-corrected chi connectivity index (χ3v) is 8.53. The van der Waals surface area contributed by atoms with Gasteiger partial charge >= 0.3 is 5.97 Å². The van der Waals surface area contributed by atoms with Crippen LogP contribution in [0.3, 0.4) is 0 Å². The summed E-state index contributed by atoms with van der Waals surface area (Å²) in [6.07, 6.45) is 27.8. The molecule has 0 N–H and O–H groups in total. The first-order valence-electron chi connectivity index (χ1n) is 18.3. The van der Waals surface area contributed by atoms with Crippen molar-refractivity contribution in [1.82, 2.24) is 0 Å². The molecule has 0 spiro atoms. The van der Waals surface area contributed by atoms with Crippen LogP contribution in [0.25, 0.3) is 0 Å². The van der Waals surface area contributed by atoms with Crippen LogP contribution >= 0.6 is 0 Å². The maximum Gasteiger partial charge on any atom is 0.343 e. The van der Waals surface area contributed by atoms with Crippen molar-refractivity contribution in [2.75, 3.05) is 13.2 Å². The van der Waals surface area contributed by atoms with Crippen molar-refractivity contribution < 1.29 is 19.0 Å². The van der Waals surface area contributed by atoms with E-state index < -0.39 is 0 Å². The molecular formula is C40H64O4. The number of benzene rings is 2. The van der Waals surface area contributed by atoms with E-state index >= 15 is 0 Å². The highest BCUT2D eigenvalue weighted by Gasteiger charge is 2.11. The number of carbonyl (C=O) groups excluding carboxylic acids is 1. The van der Waals surface area contributed by atoms with Gasteiger partial charge in [-0.25, -0.2) is 4.79 Å². The van der Waals surface area contributed by atoms with Gasteiger partial charge < -0.3 is 14.2 Å². The Balaban J connectivity index is 1.54. The van der Waals surface area contributed by atoms with Crippen LogP contribution in [-0.2, 0) is 4.74 Å². The second-order valence-electron chi connectivity index (χ2n) is 12.6. The van der Waals surface area contributed by atoms with E-state index in [4.69, 9.17) is 14.2 Å². The Morgan fingerprint density at radius 3 is 1.41 bits per heavy atom. The van der Waals surface area contributed by atoms with Crippen molar-refractivity contribution in [3.05, 3.63) is 59.7 Å². The monoisotopic (exact) mass is 608 g/mol. The fraction of sp³-hybridized carbons (Fsp3) is 0.675. The summed E-state index contributed by atoms with van der Waals surface area (Å²) in [6, 6.07) is 14.9. The van der Waals surface area contributed by atoms with Gasteiger partial charge in [-0.1, -0.05) is 148 Å². The molecule has 0 saturated carbocycles. The van der Waals surface area contributed by atoms with Gasteiger partial charge in [-0.2, -0.15) is 0 Å². The maximum atomic E-state index is 12.7. The van der Waals surface area contributed by atoms with Crippen LogP contribution in [0.2, 0.25) is 0 Å². The second-order valence-corrected chi connectivity index (χ2v) is 12.6. The molecule has 0 fully saturated rings. The van der Waals surface area contributed by atoms with Gasteiger partial charge in [-0.15, -0.1) is 0 Å². The number of hydrogen-bond donors (Lipinski definition) is 0. The van der Waals surface area contributed by atoms with E-state index in [1.165, 1.54) is 122 Å².